The molecule has 1 unspecified atom stereocenters. The Balaban J connectivity index is 1.69. The Morgan fingerprint density at radius 2 is 2.25 bits per heavy atom. The lowest BCUT2D eigenvalue weighted by Crippen LogP contribution is -2.31. The second kappa shape index (κ2) is 6.91. The van der Waals surface area contributed by atoms with E-state index >= 15 is 0 Å². The first kappa shape index (κ1) is 14.3. The lowest BCUT2D eigenvalue weighted by Gasteiger charge is -2.12. The number of amides is 2. The maximum atomic E-state index is 11.7. The smallest absolute Gasteiger partial charge is 0.254 e. The van der Waals surface area contributed by atoms with Gasteiger partial charge in [0.15, 0.2) is 0 Å². The molecule has 0 saturated heterocycles. The molecule has 0 fully saturated rings. The van der Waals surface area contributed by atoms with Crippen LogP contribution in [0.5, 0.6) is 0 Å². The number of carbonyl (C=O) groups is 2. The van der Waals surface area contributed by atoms with Crippen molar-refractivity contribution in [2.24, 2.45) is 0 Å². The average Bonchev–Trinajstić information content (AvgIpc) is 3.12. The molecule has 6 heteroatoms. The van der Waals surface area contributed by atoms with Crippen molar-refractivity contribution >= 4 is 23.2 Å². The average molecular weight is 292 g/mol. The maximum Gasteiger partial charge on any atom is 0.254 e. The van der Waals surface area contributed by atoms with Gasteiger partial charge in [-0.2, -0.15) is 0 Å². The first-order valence-corrected chi connectivity index (χ1v) is 7.18. The third-order valence-electron chi connectivity index (χ3n) is 2.77. The number of hydrogen-bond donors (Lipinski definition) is 2. The summed E-state index contributed by atoms with van der Waals surface area (Å²) in [6, 6.07) is 5.50. The molecule has 0 aliphatic carbocycles. The molecule has 2 heterocycles. The predicted octanol–water partition coefficient (Wildman–Crippen LogP) is 2.34. The van der Waals surface area contributed by atoms with Crippen LogP contribution in [0.2, 0.25) is 0 Å². The Morgan fingerprint density at radius 3 is 2.90 bits per heavy atom. The monoisotopic (exact) mass is 292 g/mol. The molecule has 0 aliphatic heterocycles. The quantitative estimate of drug-likeness (QED) is 0.858. The van der Waals surface area contributed by atoms with Crippen molar-refractivity contribution in [1.82, 2.24) is 10.6 Å². The third kappa shape index (κ3) is 3.96. The SMILES string of the molecule is CC(NC(=O)CCNC(=O)c1ccoc1)c1cccs1. The van der Waals surface area contributed by atoms with Gasteiger partial charge in [0.05, 0.1) is 17.9 Å². The Hall–Kier alpha value is -2.08. The minimum atomic E-state index is -0.238. The zero-order chi connectivity index (χ0) is 14.4. The van der Waals surface area contributed by atoms with E-state index in [1.807, 2.05) is 24.4 Å². The van der Waals surface area contributed by atoms with E-state index in [2.05, 4.69) is 10.6 Å². The Kier molecular flexibility index (Phi) is 4.95. The highest BCUT2D eigenvalue weighted by atomic mass is 32.1. The van der Waals surface area contributed by atoms with Gasteiger partial charge >= 0.3 is 0 Å². The maximum absolute atomic E-state index is 11.7. The standard InChI is InChI=1S/C14H16N2O3S/c1-10(12-3-2-8-20-12)16-13(17)4-6-15-14(18)11-5-7-19-9-11/h2-3,5,7-10H,4,6H2,1H3,(H,15,18)(H,16,17). The van der Waals surface area contributed by atoms with Crippen LogP contribution in [0.3, 0.4) is 0 Å². The molecular weight excluding hydrogens is 276 g/mol. The number of rotatable bonds is 6. The van der Waals surface area contributed by atoms with E-state index in [4.69, 9.17) is 4.42 Å². The molecule has 2 amide bonds. The van der Waals surface area contributed by atoms with Crippen molar-refractivity contribution in [3.63, 3.8) is 0 Å². The number of thiophene rings is 1. The number of nitrogens with one attached hydrogen (secondary N) is 2. The number of hydrogen-bond acceptors (Lipinski definition) is 4. The fraction of sp³-hybridized carbons (Fsp3) is 0.286. The molecule has 0 aromatic carbocycles. The fourth-order valence-electron chi connectivity index (χ4n) is 1.71. The first-order valence-electron chi connectivity index (χ1n) is 6.30. The van der Waals surface area contributed by atoms with Crippen molar-refractivity contribution in [1.29, 1.82) is 0 Å². The Bertz CT molecular complexity index is 549. The second-order valence-electron chi connectivity index (χ2n) is 4.32. The van der Waals surface area contributed by atoms with Crippen molar-refractivity contribution < 1.29 is 14.0 Å². The molecule has 0 spiro atoms. The zero-order valence-corrected chi connectivity index (χ0v) is 11.9. The van der Waals surface area contributed by atoms with Gasteiger partial charge in [-0.1, -0.05) is 6.07 Å². The van der Waals surface area contributed by atoms with Gasteiger partial charge in [0, 0.05) is 17.8 Å². The highest BCUT2D eigenvalue weighted by Crippen LogP contribution is 2.17. The number of furan rings is 1. The molecule has 1 atom stereocenters. The van der Waals surface area contributed by atoms with Gasteiger partial charge in [-0.15, -0.1) is 11.3 Å². The van der Waals surface area contributed by atoms with Gasteiger partial charge in [0.2, 0.25) is 5.91 Å². The van der Waals surface area contributed by atoms with E-state index in [9.17, 15) is 9.59 Å². The summed E-state index contributed by atoms with van der Waals surface area (Å²) in [7, 11) is 0. The van der Waals surface area contributed by atoms with E-state index in [0.717, 1.165) is 4.88 Å². The van der Waals surface area contributed by atoms with Crippen LogP contribution in [0.1, 0.15) is 34.6 Å². The summed E-state index contributed by atoms with van der Waals surface area (Å²) in [6.45, 7) is 2.24. The molecule has 5 nitrogen and oxygen atoms in total. The molecule has 2 N–H and O–H groups in total. The first-order chi connectivity index (χ1) is 9.66. The van der Waals surface area contributed by atoms with Crippen LogP contribution in [-0.4, -0.2) is 18.4 Å². The second-order valence-corrected chi connectivity index (χ2v) is 5.30. The molecule has 2 aromatic heterocycles. The van der Waals surface area contributed by atoms with E-state index in [0.29, 0.717) is 12.1 Å². The molecule has 106 valence electrons. The van der Waals surface area contributed by atoms with E-state index in [1.165, 1.54) is 12.5 Å². The van der Waals surface area contributed by atoms with Crippen LogP contribution < -0.4 is 10.6 Å². The van der Waals surface area contributed by atoms with Gasteiger partial charge in [-0.05, 0) is 24.4 Å². The van der Waals surface area contributed by atoms with E-state index < -0.39 is 0 Å². The Morgan fingerprint density at radius 1 is 1.40 bits per heavy atom. The normalized spacial score (nSPS) is 11.8. The predicted molar refractivity (Wildman–Crippen MR) is 76.5 cm³/mol. The summed E-state index contributed by atoms with van der Waals surface area (Å²) in [4.78, 5) is 24.4. The largest absolute Gasteiger partial charge is 0.472 e. The minimum absolute atomic E-state index is 0.00734. The lowest BCUT2D eigenvalue weighted by molar-refractivity contribution is -0.121. The van der Waals surface area contributed by atoms with Crippen molar-refractivity contribution in [2.45, 2.75) is 19.4 Å². The highest BCUT2D eigenvalue weighted by molar-refractivity contribution is 7.10. The van der Waals surface area contributed by atoms with E-state index in [-0.39, 0.29) is 24.3 Å². The molecule has 0 bridgehead atoms. The topological polar surface area (TPSA) is 71.3 Å². The van der Waals surface area contributed by atoms with Crippen LogP contribution >= 0.6 is 11.3 Å². The van der Waals surface area contributed by atoms with Gasteiger partial charge in [-0.25, -0.2) is 0 Å². The van der Waals surface area contributed by atoms with Gasteiger partial charge < -0.3 is 15.1 Å². The van der Waals surface area contributed by atoms with Crippen LogP contribution in [-0.2, 0) is 4.79 Å². The lowest BCUT2D eigenvalue weighted by atomic mass is 10.2. The summed E-state index contributed by atoms with van der Waals surface area (Å²) in [5.74, 6) is -0.323. The van der Waals surface area contributed by atoms with Gasteiger partial charge in [0.25, 0.3) is 5.91 Å². The van der Waals surface area contributed by atoms with Gasteiger partial charge in [-0.3, -0.25) is 9.59 Å². The summed E-state index contributed by atoms with van der Waals surface area (Å²) in [5, 5.41) is 7.53. The molecule has 2 aromatic rings. The molecule has 20 heavy (non-hydrogen) atoms. The van der Waals surface area contributed by atoms with Crippen LogP contribution in [0.4, 0.5) is 0 Å². The molecular formula is C14H16N2O3S. The summed E-state index contributed by atoms with van der Waals surface area (Å²) < 4.78 is 4.82. The van der Waals surface area contributed by atoms with Gasteiger partial charge in [0.1, 0.15) is 6.26 Å². The summed E-state index contributed by atoms with van der Waals surface area (Å²) in [6.07, 6.45) is 3.05. The van der Waals surface area contributed by atoms with Crippen molar-refractivity contribution in [2.75, 3.05) is 6.54 Å². The minimum Gasteiger partial charge on any atom is -0.472 e. The molecule has 0 aliphatic rings. The zero-order valence-electron chi connectivity index (χ0n) is 11.1. The highest BCUT2D eigenvalue weighted by Gasteiger charge is 2.11. The van der Waals surface area contributed by atoms with Crippen molar-refractivity contribution in [3.8, 4) is 0 Å². The van der Waals surface area contributed by atoms with Crippen molar-refractivity contribution in [3.05, 3.63) is 46.5 Å². The Labute approximate surface area is 121 Å². The van der Waals surface area contributed by atoms with Crippen LogP contribution in [0.25, 0.3) is 0 Å². The molecule has 0 radical (unpaired) electrons. The fourth-order valence-corrected chi connectivity index (χ4v) is 2.44. The number of carbonyl (C=O) groups excluding carboxylic acids is 2. The van der Waals surface area contributed by atoms with Crippen LogP contribution in [0.15, 0.2) is 40.5 Å². The summed E-state index contributed by atoms with van der Waals surface area (Å²) >= 11 is 1.61. The summed E-state index contributed by atoms with van der Waals surface area (Å²) in [5.41, 5.74) is 0.456. The third-order valence-corrected chi connectivity index (χ3v) is 3.82. The molecule has 0 saturated carbocycles. The van der Waals surface area contributed by atoms with E-state index in [1.54, 1.807) is 17.4 Å². The van der Waals surface area contributed by atoms with Crippen LogP contribution in [0, 0.1) is 0 Å². The molecule has 2 rings (SSSR count).